The lowest BCUT2D eigenvalue weighted by atomic mass is 10.0. The summed E-state index contributed by atoms with van der Waals surface area (Å²) in [6, 6.07) is 1.17. The van der Waals surface area contributed by atoms with Gasteiger partial charge in [-0.05, 0) is 67.7 Å². The van der Waals surface area contributed by atoms with Crippen LogP contribution < -0.4 is 5.32 Å². The molecule has 2 heterocycles. The van der Waals surface area contributed by atoms with Crippen LogP contribution in [0.3, 0.4) is 0 Å². The van der Waals surface area contributed by atoms with Gasteiger partial charge in [-0.25, -0.2) is 4.98 Å². The normalized spacial score (nSPS) is 24.3. The average molecular weight is 330 g/mol. The fourth-order valence-electron chi connectivity index (χ4n) is 2.68. The van der Waals surface area contributed by atoms with Gasteiger partial charge in [0.05, 0.1) is 6.04 Å². The highest BCUT2D eigenvalue weighted by Crippen LogP contribution is 2.42. The van der Waals surface area contributed by atoms with Crippen LogP contribution in [0.2, 0.25) is 0 Å². The molecular formula is C13H20BrN3S. The van der Waals surface area contributed by atoms with E-state index in [0.29, 0.717) is 12.1 Å². The first-order valence-electron chi connectivity index (χ1n) is 6.78. The van der Waals surface area contributed by atoms with Gasteiger partial charge in [-0.3, -0.25) is 0 Å². The molecule has 0 amide bonds. The van der Waals surface area contributed by atoms with Crippen molar-refractivity contribution in [3.8, 4) is 0 Å². The second-order valence-corrected chi connectivity index (χ2v) is 7.27. The molecule has 1 N–H and O–H groups in total. The van der Waals surface area contributed by atoms with E-state index in [-0.39, 0.29) is 0 Å². The third-order valence-corrected chi connectivity index (χ3v) is 5.62. The van der Waals surface area contributed by atoms with E-state index < -0.39 is 0 Å². The number of nitrogens with zero attached hydrogens (tertiary/aromatic N) is 2. The van der Waals surface area contributed by atoms with Gasteiger partial charge in [0.25, 0.3) is 0 Å². The maximum absolute atomic E-state index is 4.61. The van der Waals surface area contributed by atoms with Gasteiger partial charge in [0.2, 0.25) is 0 Å². The van der Waals surface area contributed by atoms with Crippen LogP contribution in [-0.2, 0) is 0 Å². The Morgan fingerprint density at radius 3 is 2.67 bits per heavy atom. The van der Waals surface area contributed by atoms with E-state index in [1.54, 1.807) is 11.3 Å². The predicted octanol–water partition coefficient (Wildman–Crippen LogP) is 3.04. The molecule has 1 aromatic heterocycles. The van der Waals surface area contributed by atoms with Gasteiger partial charge in [0, 0.05) is 11.4 Å². The minimum Gasteiger partial charge on any atom is -0.306 e. The van der Waals surface area contributed by atoms with Crippen molar-refractivity contribution < 1.29 is 0 Å². The third kappa shape index (κ3) is 3.13. The van der Waals surface area contributed by atoms with Crippen molar-refractivity contribution in [3.63, 3.8) is 0 Å². The van der Waals surface area contributed by atoms with Crippen molar-refractivity contribution >= 4 is 27.3 Å². The molecule has 1 saturated heterocycles. The molecule has 0 bridgehead atoms. The van der Waals surface area contributed by atoms with Gasteiger partial charge in [-0.1, -0.05) is 0 Å². The van der Waals surface area contributed by atoms with E-state index in [1.165, 1.54) is 43.8 Å². The van der Waals surface area contributed by atoms with Crippen LogP contribution in [0.15, 0.2) is 9.98 Å². The smallest absolute Gasteiger partial charge is 0.117 e. The van der Waals surface area contributed by atoms with E-state index in [1.807, 2.05) is 0 Å². The lowest BCUT2D eigenvalue weighted by molar-refractivity contribution is 0.220. The average Bonchev–Trinajstić information content (AvgIpc) is 3.11. The quantitative estimate of drug-likeness (QED) is 0.920. The fraction of sp³-hybridized carbons (Fsp3) is 0.769. The molecule has 2 aliphatic rings. The lowest BCUT2D eigenvalue weighted by Gasteiger charge is -2.32. The Bertz CT molecular complexity index is 397. The van der Waals surface area contributed by atoms with E-state index >= 15 is 0 Å². The lowest BCUT2D eigenvalue weighted by Crippen LogP contribution is -2.42. The summed E-state index contributed by atoms with van der Waals surface area (Å²) in [6.07, 6.45) is 5.27. The number of thiazole rings is 1. The number of likely N-dealkylation sites (tertiary alicyclic amines) is 1. The van der Waals surface area contributed by atoms with Crippen LogP contribution in [0, 0.1) is 5.92 Å². The minimum atomic E-state index is 0.495. The van der Waals surface area contributed by atoms with Gasteiger partial charge >= 0.3 is 0 Å². The van der Waals surface area contributed by atoms with Gasteiger partial charge in [0.1, 0.15) is 9.61 Å². The van der Waals surface area contributed by atoms with E-state index in [2.05, 4.69) is 43.6 Å². The number of halogens is 1. The Morgan fingerprint density at radius 1 is 1.39 bits per heavy atom. The Kier molecular flexibility index (Phi) is 4.03. The first kappa shape index (κ1) is 13.0. The zero-order chi connectivity index (χ0) is 12.5. The molecular weight excluding hydrogens is 310 g/mol. The van der Waals surface area contributed by atoms with Crippen molar-refractivity contribution in [1.29, 1.82) is 0 Å². The second kappa shape index (κ2) is 5.57. The fourth-order valence-corrected chi connectivity index (χ4v) is 4.10. The molecule has 5 heteroatoms. The molecule has 1 aliphatic carbocycles. The summed E-state index contributed by atoms with van der Waals surface area (Å²) < 4.78 is 0.985. The van der Waals surface area contributed by atoms with Gasteiger partial charge < -0.3 is 10.2 Å². The number of nitrogens with one attached hydrogen (secondary N) is 1. The monoisotopic (exact) mass is 329 g/mol. The topological polar surface area (TPSA) is 28.2 Å². The van der Waals surface area contributed by atoms with Gasteiger partial charge in [0.15, 0.2) is 0 Å². The second-order valence-electron chi connectivity index (χ2n) is 5.57. The molecule has 100 valence electrons. The van der Waals surface area contributed by atoms with Crippen molar-refractivity contribution in [3.05, 3.63) is 15.0 Å². The molecule has 1 atom stereocenters. The molecule has 2 fully saturated rings. The van der Waals surface area contributed by atoms with Crippen LogP contribution in [0.4, 0.5) is 0 Å². The summed E-state index contributed by atoms with van der Waals surface area (Å²) in [5.41, 5.74) is 0. The minimum absolute atomic E-state index is 0.495. The van der Waals surface area contributed by atoms with Gasteiger partial charge in [-0.15, -0.1) is 11.3 Å². The first-order chi connectivity index (χ1) is 8.72. The summed E-state index contributed by atoms with van der Waals surface area (Å²) in [7, 11) is 2.21. The van der Waals surface area contributed by atoms with E-state index in [9.17, 15) is 0 Å². The first-order valence-corrected chi connectivity index (χ1v) is 8.45. The molecule has 1 aromatic rings. The van der Waals surface area contributed by atoms with Crippen molar-refractivity contribution in [2.75, 3.05) is 20.1 Å². The Balaban J connectivity index is 1.64. The van der Waals surface area contributed by atoms with Crippen molar-refractivity contribution in [2.24, 2.45) is 5.92 Å². The number of aromatic nitrogens is 1. The largest absolute Gasteiger partial charge is 0.306 e. The number of hydrogen-bond acceptors (Lipinski definition) is 4. The van der Waals surface area contributed by atoms with Crippen LogP contribution in [-0.4, -0.2) is 36.1 Å². The van der Waals surface area contributed by atoms with E-state index in [4.69, 9.17) is 0 Å². The number of hydrogen-bond donors (Lipinski definition) is 1. The zero-order valence-corrected chi connectivity index (χ0v) is 13.1. The SMILES string of the molecule is CN1CCC(NC(c2nc(Br)cs2)C2CC2)CC1. The molecule has 3 rings (SSSR count). The maximum atomic E-state index is 4.61. The maximum Gasteiger partial charge on any atom is 0.117 e. The van der Waals surface area contributed by atoms with Crippen molar-refractivity contribution in [2.45, 2.75) is 37.8 Å². The number of piperidine rings is 1. The molecule has 1 saturated carbocycles. The Labute approximate surface area is 121 Å². The zero-order valence-electron chi connectivity index (χ0n) is 10.7. The number of rotatable bonds is 4. The molecule has 3 nitrogen and oxygen atoms in total. The summed E-state index contributed by atoms with van der Waals surface area (Å²) >= 11 is 5.25. The molecule has 0 radical (unpaired) electrons. The molecule has 1 unspecified atom stereocenters. The summed E-state index contributed by atoms with van der Waals surface area (Å²) in [5.74, 6) is 0.822. The molecule has 1 aliphatic heterocycles. The third-order valence-electron chi connectivity index (χ3n) is 3.99. The molecule has 18 heavy (non-hydrogen) atoms. The predicted molar refractivity (Wildman–Crippen MR) is 78.9 cm³/mol. The Morgan fingerprint density at radius 2 is 2.11 bits per heavy atom. The van der Waals surface area contributed by atoms with Crippen LogP contribution in [0.5, 0.6) is 0 Å². The summed E-state index contributed by atoms with van der Waals surface area (Å²) in [5, 5.41) is 7.23. The van der Waals surface area contributed by atoms with E-state index in [0.717, 1.165) is 10.5 Å². The van der Waals surface area contributed by atoms with Crippen molar-refractivity contribution in [1.82, 2.24) is 15.2 Å². The van der Waals surface area contributed by atoms with Crippen LogP contribution >= 0.6 is 27.3 Å². The van der Waals surface area contributed by atoms with Crippen LogP contribution in [0.1, 0.15) is 36.7 Å². The Hall–Kier alpha value is 0.0300. The molecule has 0 aromatic carbocycles. The molecule has 0 spiro atoms. The standard InChI is InChI=1S/C13H20BrN3S/c1-17-6-4-10(5-7-17)15-12(9-2-3-9)13-16-11(14)8-18-13/h8-10,12,15H,2-7H2,1H3. The highest BCUT2D eigenvalue weighted by molar-refractivity contribution is 9.10. The summed E-state index contributed by atoms with van der Waals surface area (Å²) in [6.45, 7) is 2.44. The van der Waals surface area contributed by atoms with Crippen LogP contribution in [0.25, 0.3) is 0 Å². The van der Waals surface area contributed by atoms with Gasteiger partial charge in [-0.2, -0.15) is 0 Å². The highest BCUT2D eigenvalue weighted by Gasteiger charge is 2.35. The summed E-state index contributed by atoms with van der Waals surface area (Å²) in [4.78, 5) is 7.04. The highest BCUT2D eigenvalue weighted by atomic mass is 79.9.